The Balaban J connectivity index is 2.23. The number of ether oxygens (including phenoxy) is 1. The molecule has 1 unspecified atom stereocenters. The molecular weight excluding hydrogens is 358 g/mol. The lowest BCUT2D eigenvalue weighted by atomic mass is 9.96. The Kier molecular flexibility index (Phi) is 6.49. The third-order valence-corrected chi connectivity index (χ3v) is 3.80. The molecule has 0 radical (unpaired) electrons. The van der Waals surface area contributed by atoms with Gasteiger partial charge in [-0.3, -0.25) is 14.6 Å². The fourth-order valence-corrected chi connectivity index (χ4v) is 2.48. The number of carbonyl (C=O) groups excluding carboxylic acids is 1. The molecule has 1 atom stereocenters. The molecule has 27 heavy (non-hydrogen) atoms. The van der Waals surface area contributed by atoms with Gasteiger partial charge >= 0.3 is 6.61 Å². The number of nitrogens with zero attached hydrogens (tertiary/aromatic N) is 2. The van der Waals surface area contributed by atoms with Crippen molar-refractivity contribution in [2.45, 2.75) is 26.5 Å². The quantitative estimate of drug-likeness (QED) is 0.771. The van der Waals surface area contributed by atoms with E-state index < -0.39 is 24.1 Å². The van der Waals surface area contributed by atoms with Crippen LogP contribution in [0.15, 0.2) is 35.1 Å². The van der Waals surface area contributed by atoms with Gasteiger partial charge in [-0.25, -0.2) is 4.98 Å². The normalized spacial score (nSPS) is 12.1. The Morgan fingerprint density at radius 2 is 1.85 bits per heavy atom. The first-order valence-corrected chi connectivity index (χ1v) is 8.31. The van der Waals surface area contributed by atoms with Crippen LogP contribution >= 0.6 is 0 Å². The monoisotopic (exact) mass is 380 g/mol. The van der Waals surface area contributed by atoms with Crippen LogP contribution in [-0.4, -0.2) is 36.6 Å². The highest BCUT2D eigenvalue weighted by Crippen LogP contribution is 2.25. The molecule has 9 heteroatoms. The van der Waals surface area contributed by atoms with Crippen LogP contribution in [0.3, 0.4) is 0 Å². The molecule has 2 N–H and O–H groups in total. The molecule has 1 heterocycles. The van der Waals surface area contributed by atoms with Crippen LogP contribution in [-0.2, 0) is 0 Å². The second-order valence-corrected chi connectivity index (χ2v) is 6.49. The van der Waals surface area contributed by atoms with Gasteiger partial charge in [0.1, 0.15) is 11.4 Å². The number of anilines is 1. The van der Waals surface area contributed by atoms with E-state index in [1.54, 1.807) is 31.1 Å². The van der Waals surface area contributed by atoms with Crippen molar-refractivity contribution in [2.24, 2.45) is 5.92 Å². The van der Waals surface area contributed by atoms with Crippen LogP contribution < -0.4 is 20.5 Å². The minimum absolute atomic E-state index is 0.00568. The summed E-state index contributed by atoms with van der Waals surface area (Å²) in [6, 6.07) is 6.77. The largest absolute Gasteiger partial charge is 0.435 e. The van der Waals surface area contributed by atoms with Crippen LogP contribution in [0.4, 0.5) is 14.7 Å². The zero-order valence-corrected chi connectivity index (χ0v) is 15.5. The predicted octanol–water partition coefficient (Wildman–Crippen LogP) is 2.56. The highest BCUT2D eigenvalue weighted by molar-refractivity contribution is 5.92. The number of rotatable bonds is 7. The maximum atomic E-state index is 12.6. The minimum atomic E-state index is -2.90. The Morgan fingerprint density at radius 3 is 2.37 bits per heavy atom. The molecule has 1 amide bonds. The molecule has 0 bridgehead atoms. The number of nitrogens with one attached hydrogen (secondary N) is 2. The van der Waals surface area contributed by atoms with Gasteiger partial charge in [-0.15, -0.1) is 0 Å². The summed E-state index contributed by atoms with van der Waals surface area (Å²) >= 11 is 0. The SMILES string of the molecule is CC(C)C(NC(=O)c1cc(=O)[nH]c(N(C)C)n1)c1ccc(OC(F)F)cc1. The van der Waals surface area contributed by atoms with E-state index in [9.17, 15) is 18.4 Å². The average molecular weight is 380 g/mol. The third kappa shape index (κ3) is 5.50. The third-order valence-electron chi connectivity index (χ3n) is 3.80. The standard InChI is InChI=1S/C18H22F2N4O3/c1-10(2)15(11-5-7-12(8-6-11)27-17(19)20)23-16(26)13-9-14(25)22-18(21-13)24(3)4/h5-10,15,17H,1-4H3,(H,23,26)(H,21,22,25). The highest BCUT2D eigenvalue weighted by Gasteiger charge is 2.21. The highest BCUT2D eigenvalue weighted by atomic mass is 19.3. The number of alkyl halides is 2. The number of hydrogen-bond donors (Lipinski definition) is 2. The van der Waals surface area contributed by atoms with Crippen molar-refractivity contribution in [1.82, 2.24) is 15.3 Å². The number of H-pyrrole nitrogens is 1. The molecule has 0 aliphatic rings. The molecule has 0 saturated carbocycles. The van der Waals surface area contributed by atoms with E-state index >= 15 is 0 Å². The summed E-state index contributed by atoms with van der Waals surface area (Å²) in [6.07, 6.45) is 0. The summed E-state index contributed by atoms with van der Waals surface area (Å²) in [6.45, 7) is 0.917. The maximum absolute atomic E-state index is 12.6. The van der Waals surface area contributed by atoms with Gasteiger partial charge in [-0.1, -0.05) is 26.0 Å². The lowest BCUT2D eigenvalue weighted by molar-refractivity contribution is -0.0498. The fourth-order valence-electron chi connectivity index (χ4n) is 2.48. The molecule has 0 aliphatic carbocycles. The second-order valence-electron chi connectivity index (χ2n) is 6.49. The number of amides is 1. The van der Waals surface area contributed by atoms with E-state index in [-0.39, 0.29) is 23.3 Å². The van der Waals surface area contributed by atoms with E-state index in [1.807, 2.05) is 13.8 Å². The van der Waals surface area contributed by atoms with Crippen LogP contribution in [0.5, 0.6) is 5.75 Å². The van der Waals surface area contributed by atoms with Crippen molar-refractivity contribution < 1.29 is 18.3 Å². The molecule has 1 aromatic carbocycles. The first-order chi connectivity index (χ1) is 12.7. The zero-order valence-electron chi connectivity index (χ0n) is 15.5. The Bertz CT molecular complexity index is 835. The molecule has 0 fully saturated rings. The first-order valence-electron chi connectivity index (χ1n) is 8.31. The summed E-state index contributed by atoms with van der Waals surface area (Å²) in [5.41, 5.74) is 0.275. The van der Waals surface area contributed by atoms with Crippen molar-refractivity contribution in [3.63, 3.8) is 0 Å². The smallest absolute Gasteiger partial charge is 0.387 e. The lowest BCUT2D eigenvalue weighted by Crippen LogP contribution is -2.33. The van der Waals surface area contributed by atoms with E-state index in [0.29, 0.717) is 0 Å². The molecule has 7 nitrogen and oxygen atoms in total. The van der Waals surface area contributed by atoms with Crippen molar-refractivity contribution in [2.75, 3.05) is 19.0 Å². The van der Waals surface area contributed by atoms with Crippen LogP contribution in [0, 0.1) is 5.92 Å². The van der Waals surface area contributed by atoms with E-state index in [0.717, 1.165) is 11.6 Å². The predicted molar refractivity (Wildman–Crippen MR) is 97.3 cm³/mol. The molecule has 146 valence electrons. The molecule has 0 spiro atoms. The van der Waals surface area contributed by atoms with Gasteiger partial charge in [0, 0.05) is 20.2 Å². The number of halogens is 2. The minimum Gasteiger partial charge on any atom is -0.435 e. The topological polar surface area (TPSA) is 87.3 Å². The van der Waals surface area contributed by atoms with E-state index in [2.05, 4.69) is 20.0 Å². The Labute approximate surface area is 155 Å². The molecule has 1 aromatic heterocycles. The maximum Gasteiger partial charge on any atom is 0.387 e. The van der Waals surface area contributed by atoms with Gasteiger partial charge in [-0.05, 0) is 23.6 Å². The van der Waals surface area contributed by atoms with Crippen molar-refractivity contribution in [3.05, 3.63) is 51.9 Å². The zero-order chi connectivity index (χ0) is 20.1. The Morgan fingerprint density at radius 1 is 1.22 bits per heavy atom. The summed E-state index contributed by atoms with van der Waals surface area (Å²) in [5.74, 6) is -0.196. The van der Waals surface area contributed by atoms with Crippen LogP contribution in [0.25, 0.3) is 0 Å². The number of aromatic nitrogens is 2. The number of hydrogen-bond acceptors (Lipinski definition) is 5. The summed E-state index contributed by atoms with van der Waals surface area (Å²) < 4.78 is 28.9. The van der Waals surface area contributed by atoms with Gasteiger partial charge in [0.05, 0.1) is 6.04 Å². The average Bonchev–Trinajstić information content (AvgIpc) is 2.59. The summed E-state index contributed by atoms with van der Waals surface area (Å²) in [5, 5.41) is 2.84. The lowest BCUT2D eigenvalue weighted by Gasteiger charge is -2.23. The summed E-state index contributed by atoms with van der Waals surface area (Å²) in [4.78, 5) is 32.6. The molecule has 0 saturated heterocycles. The Hall–Kier alpha value is -2.97. The molecule has 0 aliphatic heterocycles. The van der Waals surface area contributed by atoms with E-state index in [4.69, 9.17) is 0 Å². The van der Waals surface area contributed by atoms with Crippen molar-refractivity contribution >= 4 is 11.9 Å². The molecule has 2 aromatic rings. The van der Waals surface area contributed by atoms with Gasteiger partial charge in [0.15, 0.2) is 0 Å². The van der Waals surface area contributed by atoms with Gasteiger partial charge in [0.25, 0.3) is 11.5 Å². The number of benzene rings is 1. The molecular formula is C18H22F2N4O3. The van der Waals surface area contributed by atoms with Crippen LogP contribution in [0.2, 0.25) is 0 Å². The summed E-state index contributed by atoms with van der Waals surface area (Å²) in [7, 11) is 3.39. The number of aromatic amines is 1. The van der Waals surface area contributed by atoms with Crippen LogP contribution in [0.1, 0.15) is 35.9 Å². The van der Waals surface area contributed by atoms with Crippen molar-refractivity contribution in [3.8, 4) is 5.75 Å². The van der Waals surface area contributed by atoms with Crippen molar-refractivity contribution in [1.29, 1.82) is 0 Å². The fraction of sp³-hybridized carbons (Fsp3) is 0.389. The van der Waals surface area contributed by atoms with Gasteiger partial charge in [0.2, 0.25) is 5.95 Å². The van der Waals surface area contributed by atoms with Gasteiger partial charge < -0.3 is 15.0 Å². The first kappa shape index (κ1) is 20.3. The second kappa shape index (κ2) is 8.61. The molecule has 2 rings (SSSR count). The van der Waals surface area contributed by atoms with E-state index in [1.165, 1.54) is 12.1 Å². The van der Waals surface area contributed by atoms with Gasteiger partial charge in [-0.2, -0.15) is 8.78 Å². The number of carbonyl (C=O) groups is 1.